The molecule has 1 aromatic heterocycles. The quantitative estimate of drug-likeness (QED) is 0.763. The number of nitrogens with one attached hydrogen (secondary N) is 2. The second kappa shape index (κ2) is 5.98. The number of rotatable bonds is 3. The minimum atomic E-state index is -1.11. The molecule has 8 heteroatoms. The van der Waals surface area contributed by atoms with E-state index >= 15 is 0 Å². The number of hydrogen-bond acceptors (Lipinski definition) is 6. The van der Waals surface area contributed by atoms with Crippen molar-refractivity contribution in [3.05, 3.63) is 17.0 Å². The summed E-state index contributed by atoms with van der Waals surface area (Å²) in [6.45, 7) is 4.50. The summed E-state index contributed by atoms with van der Waals surface area (Å²) >= 11 is 0. The molecule has 0 spiro atoms. The van der Waals surface area contributed by atoms with Gasteiger partial charge in [0.15, 0.2) is 6.10 Å². The van der Waals surface area contributed by atoms with Gasteiger partial charge in [0.25, 0.3) is 5.91 Å². The number of aryl methyl sites for hydroxylation is 2. The molecule has 0 aliphatic rings. The van der Waals surface area contributed by atoms with Crippen LogP contribution in [0.4, 0.5) is 4.79 Å². The Morgan fingerprint density at radius 1 is 1.32 bits per heavy atom. The van der Waals surface area contributed by atoms with Crippen molar-refractivity contribution in [3.63, 3.8) is 0 Å². The predicted octanol–water partition coefficient (Wildman–Crippen LogP) is 0.292. The second-order valence-corrected chi connectivity index (χ2v) is 3.82. The lowest BCUT2D eigenvalue weighted by Crippen LogP contribution is -2.43. The molecule has 3 amide bonds. The van der Waals surface area contributed by atoms with E-state index in [2.05, 4.69) is 10.5 Å². The molecule has 1 rings (SSSR count). The highest BCUT2D eigenvalue weighted by molar-refractivity contribution is 5.98. The van der Waals surface area contributed by atoms with E-state index in [1.54, 1.807) is 13.8 Å². The van der Waals surface area contributed by atoms with Crippen LogP contribution < -0.4 is 10.6 Å². The lowest BCUT2D eigenvalue weighted by atomic mass is 10.2. The lowest BCUT2D eigenvalue weighted by Gasteiger charge is -2.12. The van der Waals surface area contributed by atoms with Gasteiger partial charge in [-0.2, -0.15) is 0 Å². The maximum Gasteiger partial charge on any atom is 0.344 e. The van der Waals surface area contributed by atoms with Crippen LogP contribution in [0.5, 0.6) is 0 Å². The molecule has 0 aliphatic carbocycles. The van der Waals surface area contributed by atoms with E-state index in [1.165, 1.54) is 14.0 Å². The average molecular weight is 269 g/mol. The van der Waals surface area contributed by atoms with Crippen molar-refractivity contribution in [1.82, 2.24) is 15.8 Å². The molecule has 1 aromatic rings. The fourth-order valence-corrected chi connectivity index (χ4v) is 1.32. The van der Waals surface area contributed by atoms with Gasteiger partial charge in [0.2, 0.25) is 0 Å². The summed E-state index contributed by atoms with van der Waals surface area (Å²) in [6.07, 6.45) is -1.11. The van der Waals surface area contributed by atoms with E-state index in [1.807, 2.05) is 5.32 Å². The van der Waals surface area contributed by atoms with Gasteiger partial charge < -0.3 is 14.6 Å². The number of hydrogen-bond donors (Lipinski definition) is 2. The van der Waals surface area contributed by atoms with Crippen molar-refractivity contribution < 1.29 is 23.6 Å². The number of carbonyl (C=O) groups is 3. The molecule has 1 atom stereocenters. The summed E-state index contributed by atoms with van der Waals surface area (Å²) in [5.74, 6) is -1.14. The highest BCUT2D eigenvalue weighted by Crippen LogP contribution is 2.14. The van der Waals surface area contributed by atoms with Crippen LogP contribution in [0, 0.1) is 13.8 Å². The van der Waals surface area contributed by atoms with E-state index in [0.717, 1.165) is 0 Å². The minimum Gasteiger partial charge on any atom is -0.449 e. The zero-order valence-corrected chi connectivity index (χ0v) is 11.1. The average Bonchev–Trinajstić information content (AvgIpc) is 2.68. The third-order valence-corrected chi connectivity index (χ3v) is 2.35. The number of ether oxygens (including phenoxy) is 1. The number of nitrogens with zero attached hydrogens (tertiary/aromatic N) is 1. The monoisotopic (exact) mass is 269 g/mol. The molecular weight excluding hydrogens is 254 g/mol. The van der Waals surface area contributed by atoms with Gasteiger partial charge in [-0.05, 0) is 20.8 Å². The van der Waals surface area contributed by atoms with Crippen LogP contribution in [0.2, 0.25) is 0 Å². The van der Waals surface area contributed by atoms with Gasteiger partial charge in [-0.15, -0.1) is 0 Å². The van der Waals surface area contributed by atoms with E-state index in [0.29, 0.717) is 11.5 Å². The molecular formula is C11H15N3O5. The highest BCUT2D eigenvalue weighted by atomic mass is 16.5. The second-order valence-electron chi connectivity index (χ2n) is 3.82. The first-order valence-corrected chi connectivity index (χ1v) is 5.53. The lowest BCUT2D eigenvalue weighted by molar-refractivity contribution is -0.127. The number of aromatic nitrogens is 1. The summed E-state index contributed by atoms with van der Waals surface area (Å²) < 4.78 is 9.76. The van der Waals surface area contributed by atoms with Gasteiger partial charge in [-0.1, -0.05) is 5.16 Å². The molecule has 0 saturated carbocycles. The van der Waals surface area contributed by atoms with Gasteiger partial charge in [-0.25, -0.2) is 9.59 Å². The first-order valence-electron chi connectivity index (χ1n) is 5.53. The Labute approximate surface area is 109 Å². The Morgan fingerprint density at radius 3 is 2.42 bits per heavy atom. The van der Waals surface area contributed by atoms with Crippen molar-refractivity contribution in [2.45, 2.75) is 26.9 Å². The van der Waals surface area contributed by atoms with Gasteiger partial charge in [0.1, 0.15) is 11.3 Å². The Bertz CT molecular complexity index is 489. The van der Waals surface area contributed by atoms with Gasteiger partial charge in [-0.3, -0.25) is 10.1 Å². The van der Waals surface area contributed by atoms with Crippen molar-refractivity contribution in [1.29, 1.82) is 0 Å². The summed E-state index contributed by atoms with van der Waals surface area (Å²) in [4.78, 5) is 34.3. The maximum absolute atomic E-state index is 11.8. The summed E-state index contributed by atoms with van der Waals surface area (Å²) in [5.41, 5.74) is 0.556. The molecule has 0 fully saturated rings. The minimum absolute atomic E-state index is 0.180. The molecule has 8 nitrogen and oxygen atoms in total. The van der Waals surface area contributed by atoms with E-state index in [-0.39, 0.29) is 5.56 Å². The molecule has 0 bridgehead atoms. The van der Waals surface area contributed by atoms with Crippen LogP contribution >= 0.6 is 0 Å². The Morgan fingerprint density at radius 2 is 1.95 bits per heavy atom. The first-order chi connectivity index (χ1) is 8.86. The molecule has 0 aromatic carbocycles. The van der Waals surface area contributed by atoms with Crippen LogP contribution in [0.3, 0.4) is 0 Å². The Kier molecular flexibility index (Phi) is 4.62. The Hall–Kier alpha value is -2.38. The third kappa shape index (κ3) is 3.54. The van der Waals surface area contributed by atoms with Gasteiger partial charge in [0, 0.05) is 7.05 Å². The van der Waals surface area contributed by atoms with E-state index < -0.39 is 24.0 Å². The summed E-state index contributed by atoms with van der Waals surface area (Å²) in [7, 11) is 1.36. The number of esters is 1. The molecule has 104 valence electrons. The molecule has 19 heavy (non-hydrogen) atoms. The van der Waals surface area contributed by atoms with Crippen LogP contribution in [-0.4, -0.2) is 36.2 Å². The van der Waals surface area contributed by atoms with E-state index in [4.69, 9.17) is 9.26 Å². The van der Waals surface area contributed by atoms with Crippen molar-refractivity contribution in [2.75, 3.05) is 7.05 Å². The van der Waals surface area contributed by atoms with Gasteiger partial charge in [0.05, 0.1) is 5.69 Å². The molecule has 0 aliphatic heterocycles. The molecule has 0 radical (unpaired) electrons. The van der Waals surface area contributed by atoms with Crippen molar-refractivity contribution in [2.24, 2.45) is 0 Å². The third-order valence-electron chi connectivity index (χ3n) is 2.35. The molecule has 1 heterocycles. The number of amides is 3. The molecule has 2 N–H and O–H groups in total. The normalized spacial score (nSPS) is 11.6. The highest BCUT2D eigenvalue weighted by Gasteiger charge is 2.24. The maximum atomic E-state index is 11.8. The fourth-order valence-electron chi connectivity index (χ4n) is 1.32. The smallest absolute Gasteiger partial charge is 0.344 e. The molecule has 0 unspecified atom stereocenters. The van der Waals surface area contributed by atoms with Crippen molar-refractivity contribution >= 4 is 17.9 Å². The largest absolute Gasteiger partial charge is 0.449 e. The Balaban J connectivity index is 2.67. The fraction of sp³-hybridized carbons (Fsp3) is 0.455. The van der Waals surface area contributed by atoms with Crippen LogP contribution in [-0.2, 0) is 9.53 Å². The predicted molar refractivity (Wildman–Crippen MR) is 63.5 cm³/mol. The van der Waals surface area contributed by atoms with Crippen molar-refractivity contribution in [3.8, 4) is 0 Å². The van der Waals surface area contributed by atoms with Crippen LogP contribution in [0.15, 0.2) is 4.52 Å². The van der Waals surface area contributed by atoms with Gasteiger partial charge >= 0.3 is 12.0 Å². The standard InChI is InChI=1S/C11H15N3O5/c1-5-8(6(2)19-14-5)10(16)18-7(3)9(15)13-11(17)12-4/h7H,1-4H3,(H2,12,13,15,17)/t7-/m1/s1. The number of urea groups is 1. The van der Waals surface area contributed by atoms with Crippen LogP contribution in [0.1, 0.15) is 28.7 Å². The zero-order chi connectivity index (χ0) is 14.6. The first kappa shape index (κ1) is 14.7. The summed E-state index contributed by atoms with van der Waals surface area (Å²) in [5, 5.41) is 7.83. The SMILES string of the molecule is CNC(=O)NC(=O)[C@@H](C)OC(=O)c1c(C)noc1C. The van der Waals surface area contributed by atoms with E-state index in [9.17, 15) is 14.4 Å². The summed E-state index contributed by atoms with van der Waals surface area (Å²) in [6, 6.07) is -0.676. The number of carbonyl (C=O) groups excluding carboxylic acids is 3. The molecule has 0 saturated heterocycles. The zero-order valence-electron chi connectivity index (χ0n) is 11.1. The van der Waals surface area contributed by atoms with Crippen LogP contribution in [0.25, 0.3) is 0 Å². The topological polar surface area (TPSA) is 111 Å². The number of imide groups is 1.